The Balaban J connectivity index is 1.95. The van der Waals surface area contributed by atoms with Crippen molar-refractivity contribution in [1.29, 1.82) is 0 Å². The monoisotopic (exact) mass is 204 g/mol. The van der Waals surface area contributed by atoms with Crippen LogP contribution in [0.4, 0.5) is 0 Å². The first-order chi connectivity index (χ1) is 7.15. The van der Waals surface area contributed by atoms with Crippen LogP contribution in [0.25, 0.3) is 0 Å². The van der Waals surface area contributed by atoms with E-state index in [9.17, 15) is 4.79 Å². The molecule has 1 fully saturated rings. The van der Waals surface area contributed by atoms with E-state index >= 15 is 0 Å². The number of ether oxygens (including phenoxy) is 1. The van der Waals surface area contributed by atoms with Crippen molar-refractivity contribution < 1.29 is 9.53 Å². The summed E-state index contributed by atoms with van der Waals surface area (Å²) in [7, 11) is 0. The maximum atomic E-state index is 10.8. The first kappa shape index (κ1) is 10.2. The second-order valence-electron chi connectivity index (χ2n) is 4.41. The van der Waals surface area contributed by atoms with Gasteiger partial charge in [0, 0.05) is 12.8 Å². The fraction of sp³-hybridized carbons (Fsp3) is 0.462. The maximum Gasteiger partial charge on any atom is 0.140 e. The van der Waals surface area contributed by atoms with Crippen LogP contribution in [0.15, 0.2) is 24.3 Å². The van der Waals surface area contributed by atoms with Gasteiger partial charge in [0.25, 0.3) is 0 Å². The van der Waals surface area contributed by atoms with Crippen molar-refractivity contribution in [1.82, 2.24) is 0 Å². The van der Waals surface area contributed by atoms with Crippen LogP contribution in [-0.2, 0) is 4.79 Å². The molecule has 2 heteroatoms. The fourth-order valence-corrected chi connectivity index (χ4v) is 1.66. The van der Waals surface area contributed by atoms with Crippen LogP contribution in [0.2, 0.25) is 0 Å². The fourth-order valence-electron chi connectivity index (χ4n) is 1.66. The third kappa shape index (κ3) is 2.38. The molecule has 0 amide bonds. The minimum atomic E-state index is 0.113. The van der Waals surface area contributed by atoms with Crippen LogP contribution >= 0.6 is 0 Å². The lowest BCUT2D eigenvalue weighted by Crippen LogP contribution is -2.33. The van der Waals surface area contributed by atoms with Gasteiger partial charge in [-0.25, -0.2) is 0 Å². The number of Topliss-reactive ketones (excluding diaryl/α,β-unsaturated/α-hetero) is 1. The molecule has 1 saturated carbocycles. The molecule has 0 aromatic heterocycles. The van der Waals surface area contributed by atoms with E-state index in [1.165, 1.54) is 5.56 Å². The molecule has 0 aliphatic heterocycles. The summed E-state index contributed by atoms with van der Waals surface area (Å²) < 4.78 is 5.63. The molecule has 1 aromatic carbocycles. The molecule has 1 aliphatic carbocycles. The van der Waals surface area contributed by atoms with Crippen LogP contribution in [-0.4, -0.2) is 11.9 Å². The highest BCUT2D eigenvalue weighted by atomic mass is 16.5. The van der Waals surface area contributed by atoms with Gasteiger partial charge in [0.15, 0.2) is 0 Å². The third-order valence-electron chi connectivity index (χ3n) is 2.76. The van der Waals surface area contributed by atoms with E-state index in [-0.39, 0.29) is 6.10 Å². The molecule has 0 heterocycles. The van der Waals surface area contributed by atoms with Crippen molar-refractivity contribution in [3.63, 3.8) is 0 Å². The first-order valence-corrected chi connectivity index (χ1v) is 5.43. The van der Waals surface area contributed by atoms with Crippen LogP contribution in [0.1, 0.15) is 38.2 Å². The van der Waals surface area contributed by atoms with Crippen molar-refractivity contribution in [2.75, 3.05) is 0 Å². The molecule has 15 heavy (non-hydrogen) atoms. The van der Waals surface area contributed by atoms with Gasteiger partial charge in [0.2, 0.25) is 0 Å². The molecule has 2 rings (SSSR count). The minimum Gasteiger partial charge on any atom is -0.490 e. The lowest BCUT2D eigenvalue weighted by Gasteiger charge is -2.25. The molecular weight excluding hydrogens is 188 g/mol. The Morgan fingerprint density at radius 3 is 2.27 bits per heavy atom. The summed E-state index contributed by atoms with van der Waals surface area (Å²) in [6.45, 7) is 4.33. The Bertz CT molecular complexity index is 343. The summed E-state index contributed by atoms with van der Waals surface area (Å²) in [6.07, 6.45) is 1.26. The zero-order chi connectivity index (χ0) is 10.8. The molecule has 1 aromatic rings. The van der Waals surface area contributed by atoms with Crippen molar-refractivity contribution in [3.8, 4) is 5.75 Å². The number of ketones is 1. The topological polar surface area (TPSA) is 26.3 Å². The highest BCUT2D eigenvalue weighted by Crippen LogP contribution is 2.24. The van der Waals surface area contributed by atoms with E-state index in [1.807, 2.05) is 12.1 Å². The lowest BCUT2D eigenvalue weighted by molar-refractivity contribution is -0.129. The van der Waals surface area contributed by atoms with Gasteiger partial charge in [-0.15, -0.1) is 0 Å². The van der Waals surface area contributed by atoms with Gasteiger partial charge >= 0.3 is 0 Å². The smallest absolute Gasteiger partial charge is 0.140 e. The second kappa shape index (κ2) is 4.05. The number of rotatable bonds is 3. The van der Waals surface area contributed by atoms with Crippen molar-refractivity contribution in [2.45, 2.75) is 38.7 Å². The second-order valence-corrected chi connectivity index (χ2v) is 4.41. The molecule has 0 bridgehead atoms. The molecule has 0 unspecified atom stereocenters. The Kier molecular flexibility index (Phi) is 2.76. The molecular formula is C13H16O2. The Hall–Kier alpha value is -1.31. The SMILES string of the molecule is CC(C)c1ccc(OC2CC(=O)C2)cc1. The molecule has 0 atom stereocenters. The minimum absolute atomic E-state index is 0.113. The van der Waals surface area contributed by atoms with E-state index in [2.05, 4.69) is 26.0 Å². The molecule has 0 N–H and O–H groups in total. The summed E-state index contributed by atoms with van der Waals surface area (Å²) in [4.78, 5) is 10.8. The number of hydrogen-bond donors (Lipinski definition) is 0. The summed E-state index contributed by atoms with van der Waals surface area (Å²) in [5.41, 5.74) is 1.31. The summed E-state index contributed by atoms with van der Waals surface area (Å²) in [5, 5.41) is 0. The summed E-state index contributed by atoms with van der Waals surface area (Å²) in [6, 6.07) is 8.14. The van der Waals surface area contributed by atoms with Crippen LogP contribution < -0.4 is 4.74 Å². The maximum absolute atomic E-state index is 10.8. The molecule has 0 saturated heterocycles. The van der Waals surface area contributed by atoms with E-state index in [4.69, 9.17) is 4.74 Å². The quantitative estimate of drug-likeness (QED) is 0.756. The van der Waals surface area contributed by atoms with Gasteiger partial charge in [0.1, 0.15) is 17.6 Å². The third-order valence-corrected chi connectivity index (χ3v) is 2.76. The predicted molar refractivity (Wildman–Crippen MR) is 59.2 cm³/mol. The van der Waals surface area contributed by atoms with Gasteiger partial charge < -0.3 is 4.74 Å². The van der Waals surface area contributed by atoms with Crippen LogP contribution in [0, 0.1) is 0 Å². The van der Waals surface area contributed by atoms with Crippen LogP contribution in [0.3, 0.4) is 0 Å². The number of hydrogen-bond acceptors (Lipinski definition) is 2. The normalized spacial score (nSPS) is 16.6. The van der Waals surface area contributed by atoms with Gasteiger partial charge in [-0.05, 0) is 23.6 Å². The van der Waals surface area contributed by atoms with Gasteiger partial charge in [0.05, 0.1) is 0 Å². The van der Waals surface area contributed by atoms with E-state index in [0.29, 0.717) is 24.5 Å². The van der Waals surface area contributed by atoms with Crippen molar-refractivity contribution in [3.05, 3.63) is 29.8 Å². The highest BCUT2D eigenvalue weighted by molar-refractivity contribution is 5.85. The van der Waals surface area contributed by atoms with Gasteiger partial charge in [-0.2, -0.15) is 0 Å². The summed E-state index contributed by atoms with van der Waals surface area (Å²) >= 11 is 0. The average Bonchev–Trinajstić information content (AvgIpc) is 2.16. The predicted octanol–water partition coefficient (Wildman–Crippen LogP) is 2.92. The molecule has 1 aliphatic rings. The average molecular weight is 204 g/mol. The molecule has 2 nitrogen and oxygen atoms in total. The van der Waals surface area contributed by atoms with Crippen molar-refractivity contribution >= 4 is 5.78 Å². The molecule has 0 radical (unpaired) electrons. The van der Waals surface area contributed by atoms with Crippen molar-refractivity contribution in [2.24, 2.45) is 0 Å². The Morgan fingerprint density at radius 2 is 1.80 bits per heavy atom. The van der Waals surface area contributed by atoms with E-state index < -0.39 is 0 Å². The van der Waals surface area contributed by atoms with E-state index in [0.717, 1.165) is 5.75 Å². The van der Waals surface area contributed by atoms with Crippen LogP contribution in [0.5, 0.6) is 5.75 Å². The first-order valence-electron chi connectivity index (χ1n) is 5.43. The Labute approximate surface area is 90.3 Å². The van der Waals surface area contributed by atoms with Gasteiger partial charge in [-0.3, -0.25) is 4.79 Å². The Morgan fingerprint density at radius 1 is 1.20 bits per heavy atom. The zero-order valence-corrected chi connectivity index (χ0v) is 9.19. The lowest BCUT2D eigenvalue weighted by atomic mass is 9.94. The van der Waals surface area contributed by atoms with E-state index in [1.54, 1.807) is 0 Å². The largest absolute Gasteiger partial charge is 0.490 e. The highest BCUT2D eigenvalue weighted by Gasteiger charge is 2.28. The number of carbonyl (C=O) groups excluding carboxylic acids is 1. The standard InChI is InChI=1S/C13H16O2/c1-9(2)10-3-5-12(6-4-10)15-13-7-11(14)8-13/h3-6,9,13H,7-8H2,1-2H3. The molecule has 80 valence electrons. The zero-order valence-electron chi connectivity index (χ0n) is 9.19. The number of carbonyl (C=O) groups is 1. The molecule has 0 spiro atoms. The number of benzene rings is 1. The summed E-state index contributed by atoms with van der Waals surface area (Å²) in [5.74, 6) is 1.72. The van der Waals surface area contributed by atoms with Gasteiger partial charge in [-0.1, -0.05) is 26.0 Å².